The summed E-state index contributed by atoms with van der Waals surface area (Å²) in [5.74, 6) is 1.80. The summed E-state index contributed by atoms with van der Waals surface area (Å²) in [5, 5.41) is 0. The average Bonchev–Trinajstić information content (AvgIpc) is 2.44. The highest BCUT2D eigenvalue weighted by molar-refractivity contribution is 5.32. The maximum Gasteiger partial charge on any atom is 0.130 e. The second kappa shape index (κ2) is 7.65. The van der Waals surface area contributed by atoms with Crippen molar-refractivity contribution in [3.05, 3.63) is 29.6 Å². The van der Waals surface area contributed by atoms with Crippen LogP contribution >= 0.6 is 0 Å². The molecule has 0 bridgehead atoms. The van der Waals surface area contributed by atoms with E-state index in [0.717, 1.165) is 24.6 Å². The highest BCUT2D eigenvalue weighted by Gasteiger charge is 2.21. The molecule has 1 aliphatic heterocycles. The lowest BCUT2D eigenvalue weighted by Gasteiger charge is -2.32. The van der Waals surface area contributed by atoms with E-state index in [0.29, 0.717) is 18.3 Å². The number of halogens is 1. The number of ether oxygens (including phenoxy) is 1. The lowest BCUT2D eigenvalue weighted by Crippen LogP contribution is -2.37. The predicted molar refractivity (Wildman–Crippen MR) is 94.6 cm³/mol. The van der Waals surface area contributed by atoms with E-state index in [1.165, 1.54) is 25.5 Å². The highest BCUT2D eigenvalue weighted by atomic mass is 19.1. The minimum Gasteiger partial charge on any atom is -0.493 e. The van der Waals surface area contributed by atoms with Crippen molar-refractivity contribution in [2.75, 3.05) is 26.2 Å². The van der Waals surface area contributed by atoms with Gasteiger partial charge in [-0.05, 0) is 54.8 Å². The third-order valence-electron chi connectivity index (χ3n) is 4.56. The first kappa shape index (κ1) is 18.3. The van der Waals surface area contributed by atoms with Crippen LogP contribution in [0.3, 0.4) is 0 Å². The number of hydrogen-bond donors (Lipinski definition) is 0. The molecular weight excluding hydrogens is 289 g/mol. The molecule has 0 aromatic heterocycles. The molecule has 1 saturated heterocycles. The molecule has 2 nitrogen and oxygen atoms in total. The van der Waals surface area contributed by atoms with Gasteiger partial charge in [0.1, 0.15) is 11.6 Å². The second-order valence-electron chi connectivity index (χ2n) is 8.34. The van der Waals surface area contributed by atoms with Crippen molar-refractivity contribution in [3.63, 3.8) is 0 Å². The lowest BCUT2D eigenvalue weighted by atomic mass is 9.86. The van der Waals surface area contributed by atoms with Crippen LogP contribution in [0.5, 0.6) is 5.75 Å². The van der Waals surface area contributed by atoms with Crippen LogP contribution in [0.4, 0.5) is 4.39 Å². The Bertz CT molecular complexity index is 499. The molecule has 23 heavy (non-hydrogen) atoms. The molecule has 130 valence electrons. The first-order valence-corrected chi connectivity index (χ1v) is 8.91. The van der Waals surface area contributed by atoms with Crippen LogP contribution in [0, 0.1) is 17.7 Å². The van der Waals surface area contributed by atoms with Crippen molar-refractivity contribution in [2.24, 2.45) is 11.8 Å². The first-order valence-electron chi connectivity index (χ1n) is 8.91. The largest absolute Gasteiger partial charge is 0.493 e. The Labute approximate surface area is 141 Å². The molecule has 3 heteroatoms. The Balaban J connectivity index is 1.82. The summed E-state index contributed by atoms with van der Waals surface area (Å²) >= 11 is 0. The third-order valence-corrected chi connectivity index (χ3v) is 4.56. The summed E-state index contributed by atoms with van der Waals surface area (Å²) in [7, 11) is 0. The zero-order chi connectivity index (χ0) is 17.0. The van der Waals surface area contributed by atoms with Gasteiger partial charge in [-0.15, -0.1) is 0 Å². The molecule has 0 saturated carbocycles. The minimum absolute atomic E-state index is 0.165. The van der Waals surface area contributed by atoms with Crippen molar-refractivity contribution in [1.82, 2.24) is 4.90 Å². The maximum atomic E-state index is 14.2. The molecule has 0 aliphatic carbocycles. The highest BCUT2D eigenvalue weighted by Crippen LogP contribution is 2.28. The van der Waals surface area contributed by atoms with Gasteiger partial charge >= 0.3 is 0 Å². The van der Waals surface area contributed by atoms with Crippen LogP contribution in [-0.4, -0.2) is 31.1 Å². The van der Waals surface area contributed by atoms with Crippen molar-refractivity contribution in [3.8, 4) is 5.75 Å². The molecule has 0 atom stereocenters. The van der Waals surface area contributed by atoms with Crippen LogP contribution in [-0.2, 0) is 5.41 Å². The van der Waals surface area contributed by atoms with Crippen LogP contribution in [0.2, 0.25) is 0 Å². The quantitative estimate of drug-likeness (QED) is 0.767. The van der Waals surface area contributed by atoms with Gasteiger partial charge in [0.2, 0.25) is 0 Å². The van der Waals surface area contributed by atoms with E-state index in [4.69, 9.17) is 4.74 Å². The summed E-state index contributed by atoms with van der Waals surface area (Å²) in [6.45, 7) is 14.8. The van der Waals surface area contributed by atoms with Crippen molar-refractivity contribution in [1.29, 1.82) is 0 Å². The third kappa shape index (κ3) is 5.49. The van der Waals surface area contributed by atoms with E-state index in [9.17, 15) is 4.39 Å². The lowest BCUT2D eigenvalue weighted by molar-refractivity contribution is 0.132. The number of likely N-dealkylation sites (tertiary alicyclic amines) is 1. The molecule has 2 rings (SSSR count). The topological polar surface area (TPSA) is 12.5 Å². The Morgan fingerprint density at radius 3 is 2.39 bits per heavy atom. The standard InChI is InChI=1S/C20H32FNO/c1-15(2)13-22-10-8-16(9-11-22)14-23-17-6-7-18(19(21)12-17)20(3,4)5/h6-7,12,15-16H,8-11,13-14H2,1-5H3. The van der Waals surface area contributed by atoms with E-state index in [1.807, 2.05) is 32.9 Å². The van der Waals surface area contributed by atoms with Gasteiger partial charge in [0.05, 0.1) is 6.61 Å². The van der Waals surface area contributed by atoms with Crippen molar-refractivity contribution >= 4 is 0 Å². The van der Waals surface area contributed by atoms with Gasteiger partial charge in [0, 0.05) is 12.6 Å². The minimum atomic E-state index is -0.175. The first-order chi connectivity index (χ1) is 10.8. The summed E-state index contributed by atoms with van der Waals surface area (Å²) in [6, 6.07) is 5.29. The molecule has 1 fully saturated rings. The van der Waals surface area contributed by atoms with Crippen LogP contribution in [0.15, 0.2) is 18.2 Å². The summed E-state index contributed by atoms with van der Waals surface area (Å²) in [5.41, 5.74) is 0.568. The normalized spacial score (nSPS) is 17.7. The number of rotatable bonds is 5. The van der Waals surface area contributed by atoms with E-state index >= 15 is 0 Å². The van der Waals surface area contributed by atoms with Crippen LogP contribution < -0.4 is 4.74 Å². The van der Waals surface area contributed by atoms with Gasteiger partial charge in [-0.1, -0.05) is 40.7 Å². The molecule has 0 amide bonds. The van der Waals surface area contributed by atoms with Gasteiger partial charge in [-0.3, -0.25) is 0 Å². The van der Waals surface area contributed by atoms with Gasteiger partial charge in [0.15, 0.2) is 0 Å². The molecule has 0 spiro atoms. The predicted octanol–water partition coefficient (Wildman–Crippen LogP) is 4.87. The molecule has 1 heterocycles. The van der Waals surface area contributed by atoms with Gasteiger partial charge in [0.25, 0.3) is 0 Å². The Kier molecular flexibility index (Phi) is 6.07. The monoisotopic (exact) mass is 321 g/mol. The van der Waals surface area contributed by atoms with Crippen molar-refractivity contribution < 1.29 is 9.13 Å². The zero-order valence-electron chi connectivity index (χ0n) is 15.4. The van der Waals surface area contributed by atoms with E-state index in [1.54, 1.807) is 0 Å². The summed E-state index contributed by atoms with van der Waals surface area (Å²) < 4.78 is 20.0. The number of benzene rings is 1. The second-order valence-corrected chi connectivity index (χ2v) is 8.34. The van der Waals surface area contributed by atoms with Gasteiger partial charge in [-0.25, -0.2) is 4.39 Å². The molecule has 1 aromatic rings. The van der Waals surface area contributed by atoms with Crippen LogP contribution in [0.1, 0.15) is 53.0 Å². The molecule has 0 N–H and O–H groups in total. The summed E-state index contributed by atoms with van der Waals surface area (Å²) in [6.07, 6.45) is 2.35. The van der Waals surface area contributed by atoms with Crippen molar-refractivity contribution in [2.45, 2.75) is 52.9 Å². The van der Waals surface area contributed by atoms with Crippen LogP contribution in [0.25, 0.3) is 0 Å². The number of piperidine rings is 1. The SMILES string of the molecule is CC(C)CN1CCC(COc2ccc(C(C)(C)C)c(F)c2)CC1. The number of nitrogens with zero attached hydrogens (tertiary/aromatic N) is 1. The smallest absolute Gasteiger partial charge is 0.130 e. The fourth-order valence-electron chi connectivity index (χ4n) is 3.26. The molecule has 1 aromatic carbocycles. The van der Waals surface area contributed by atoms with Gasteiger partial charge in [-0.2, -0.15) is 0 Å². The van der Waals surface area contributed by atoms with E-state index < -0.39 is 0 Å². The Morgan fingerprint density at radius 2 is 1.87 bits per heavy atom. The molecular formula is C20H32FNO. The Hall–Kier alpha value is -1.09. The summed E-state index contributed by atoms with van der Waals surface area (Å²) in [4.78, 5) is 2.54. The van der Waals surface area contributed by atoms with E-state index in [-0.39, 0.29) is 11.2 Å². The zero-order valence-corrected chi connectivity index (χ0v) is 15.4. The molecule has 0 radical (unpaired) electrons. The fraction of sp³-hybridized carbons (Fsp3) is 0.700. The Morgan fingerprint density at radius 1 is 1.22 bits per heavy atom. The molecule has 0 unspecified atom stereocenters. The van der Waals surface area contributed by atoms with Gasteiger partial charge < -0.3 is 9.64 Å². The average molecular weight is 321 g/mol. The number of hydrogen-bond acceptors (Lipinski definition) is 2. The molecule has 1 aliphatic rings. The fourth-order valence-corrected chi connectivity index (χ4v) is 3.26. The maximum absolute atomic E-state index is 14.2. The van der Waals surface area contributed by atoms with E-state index in [2.05, 4.69) is 18.7 Å².